The van der Waals surface area contributed by atoms with Crippen LogP contribution in [0.2, 0.25) is 0 Å². The van der Waals surface area contributed by atoms with E-state index in [0.29, 0.717) is 41.1 Å². The van der Waals surface area contributed by atoms with Gasteiger partial charge in [-0.05, 0) is 24.3 Å². The number of nitrogens with one attached hydrogen (secondary N) is 1. The van der Waals surface area contributed by atoms with E-state index in [-0.39, 0.29) is 5.91 Å². The van der Waals surface area contributed by atoms with Gasteiger partial charge >= 0.3 is 0 Å². The molecule has 1 fully saturated rings. The van der Waals surface area contributed by atoms with Gasteiger partial charge in [-0.1, -0.05) is 19.8 Å². The van der Waals surface area contributed by atoms with Crippen molar-refractivity contribution in [2.75, 3.05) is 26.5 Å². The molecule has 0 aliphatic heterocycles. The molecule has 0 aromatic heterocycles. The molecule has 0 saturated heterocycles. The van der Waals surface area contributed by atoms with Crippen molar-refractivity contribution in [3.05, 3.63) is 17.7 Å². The number of anilines is 1. The van der Waals surface area contributed by atoms with Crippen LogP contribution in [0.15, 0.2) is 12.1 Å². The number of hydrogen-bond acceptors (Lipinski definition) is 4. The van der Waals surface area contributed by atoms with Crippen LogP contribution in [-0.4, -0.2) is 26.7 Å². The molecule has 1 aromatic rings. The van der Waals surface area contributed by atoms with E-state index in [1.807, 2.05) is 0 Å². The summed E-state index contributed by atoms with van der Waals surface area (Å²) >= 11 is 0. The van der Waals surface area contributed by atoms with Crippen molar-refractivity contribution in [1.82, 2.24) is 5.32 Å². The molecule has 2 unspecified atom stereocenters. The molecule has 1 aliphatic rings. The summed E-state index contributed by atoms with van der Waals surface area (Å²) in [7, 11) is 3.07. The molecule has 5 heteroatoms. The van der Waals surface area contributed by atoms with Crippen LogP contribution in [0.4, 0.5) is 5.69 Å². The van der Waals surface area contributed by atoms with E-state index in [1.54, 1.807) is 19.2 Å². The highest BCUT2D eigenvalue weighted by Crippen LogP contribution is 2.32. The number of hydrogen-bond donors (Lipinski definition) is 2. The van der Waals surface area contributed by atoms with Gasteiger partial charge in [0.2, 0.25) is 0 Å². The molecule has 0 bridgehead atoms. The molecule has 2 atom stereocenters. The molecule has 1 saturated carbocycles. The molecular weight excluding hydrogens is 268 g/mol. The zero-order chi connectivity index (χ0) is 15.4. The number of carbonyl (C=O) groups is 1. The van der Waals surface area contributed by atoms with Gasteiger partial charge in [-0.2, -0.15) is 0 Å². The van der Waals surface area contributed by atoms with Crippen molar-refractivity contribution < 1.29 is 14.3 Å². The summed E-state index contributed by atoms with van der Waals surface area (Å²) in [6.07, 6.45) is 3.67. The third-order valence-corrected chi connectivity index (χ3v) is 4.38. The summed E-state index contributed by atoms with van der Waals surface area (Å²) < 4.78 is 10.4. The summed E-state index contributed by atoms with van der Waals surface area (Å²) in [4.78, 5) is 12.4. The van der Waals surface area contributed by atoms with E-state index < -0.39 is 0 Å². The first-order chi connectivity index (χ1) is 10.1. The van der Waals surface area contributed by atoms with E-state index in [1.165, 1.54) is 26.4 Å². The van der Waals surface area contributed by atoms with Gasteiger partial charge in [0.1, 0.15) is 11.5 Å². The highest BCUT2D eigenvalue weighted by atomic mass is 16.5. The largest absolute Gasteiger partial charge is 0.497 e. The Kier molecular flexibility index (Phi) is 4.94. The maximum atomic E-state index is 12.4. The van der Waals surface area contributed by atoms with Gasteiger partial charge < -0.3 is 20.5 Å². The van der Waals surface area contributed by atoms with Gasteiger partial charge in [0.15, 0.2) is 0 Å². The predicted molar refractivity (Wildman–Crippen MR) is 82.8 cm³/mol. The average Bonchev–Trinajstić information content (AvgIpc) is 2.90. The van der Waals surface area contributed by atoms with Crippen molar-refractivity contribution in [1.29, 1.82) is 0 Å². The molecule has 21 heavy (non-hydrogen) atoms. The van der Waals surface area contributed by atoms with E-state index in [0.717, 1.165) is 0 Å². The number of nitrogen functional groups attached to an aromatic ring is 1. The van der Waals surface area contributed by atoms with Gasteiger partial charge in [-0.25, -0.2) is 0 Å². The maximum absolute atomic E-state index is 12.4. The summed E-state index contributed by atoms with van der Waals surface area (Å²) in [5, 5.41) is 2.98. The van der Waals surface area contributed by atoms with Gasteiger partial charge in [-0.3, -0.25) is 4.79 Å². The SMILES string of the molecule is COc1cc(OC)c(N)c(C(=O)NCC2CCCC2C)c1. The van der Waals surface area contributed by atoms with Crippen LogP contribution in [-0.2, 0) is 0 Å². The van der Waals surface area contributed by atoms with Crippen molar-refractivity contribution in [2.24, 2.45) is 11.8 Å². The number of nitrogens with two attached hydrogens (primary N) is 1. The van der Waals surface area contributed by atoms with Gasteiger partial charge in [0, 0.05) is 12.6 Å². The van der Waals surface area contributed by atoms with Crippen molar-refractivity contribution >= 4 is 11.6 Å². The molecule has 1 aliphatic carbocycles. The standard InChI is InChI=1S/C16H24N2O3/c1-10-5-4-6-11(10)9-18-16(19)13-7-12(20-2)8-14(21-3)15(13)17/h7-8,10-11H,4-6,9,17H2,1-3H3,(H,18,19). The fraction of sp³-hybridized carbons (Fsp3) is 0.562. The summed E-state index contributed by atoms with van der Waals surface area (Å²) in [5.41, 5.74) is 6.73. The van der Waals surface area contributed by atoms with E-state index in [9.17, 15) is 4.79 Å². The molecule has 1 aromatic carbocycles. The normalized spacial score (nSPS) is 21.1. The first-order valence-electron chi connectivity index (χ1n) is 7.36. The molecule has 116 valence electrons. The molecular formula is C16H24N2O3. The second-order valence-electron chi connectivity index (χ2n) is 5.67. The molecule has 2 rings (SSSR count). The lowest BCUT2D eigenvalue weighted by Gasteiger charge is -2.17. The molecule has 3 N–H and O–H groups in total. The Morgan fingerprint density at radius 2 is 2.10 bits per heavy atom. The zero-order valence-electron chi connectivity index (χ0n) is 12.9. The third-order valence-electron chi connectivity index (χ3n) is 4.38. The smallest absolute Gasteiger partial charge is 0.253 e. The second kappa shape index (κ2) is 6.70. The zero-order valence-corrected chi connectivity index (χ0v) is 12.9. The third kappa shape index (κ3) is 3.40. The Labute approximate surface area is 125 Å². The molecule has 0 radical (unpaired) electrons. The Morgan fingerprint density at radius 3 is 2.67 bits per heavy atom. The average molecular weight is 292 g/mol. The molecule has 5 nitrogen and oxygen atoms in total. The Morgan fingerprint density at radius 1 is 1.33 bits per heavy atom. The maximum Gasteiger partial charge on any atom is 0.253 e. The van der Waals surface area contributed by atoms with Gasteiger partial charge in [0.25, 0.3) is 5.91 Å². The van der Waals surface area contributed by atoms with E-state index in [2.05, 4.69) is 12.2 Å². The van der Waals surface area contributed by atoms with E-state index >= 15 is 0 Å². The van der Waals surface area contributed by atoms with Crippen LogP contribution in [0.1, 0.15) is 36.5 Å². The number of benzene rings is 1. The Hall–Kier alpha value is -1.91. The first-order valence-corrected chi connectivity index (χ1v) is 7.36. The highest BCUT2D eigenvalue weighted by Gasteiger charge is 2.24. The minimum Gasteiger partial charge on any atom is -0.497 e. The monoisotopic (exact) mass is 292 g/mol. The first kappa shape index (κ1) is 15.5. The van der Waals surface area contributed by atoms with Crippen molar-refractivity contribution in [3.8, 4) is 11.5 Å². The lowest BCUT2D eigenvalue weighted by Crippen LogP contribution is -2.30. The molecule has 0 heterocycles. The number of amides is 1. The second-order valence-corrected chi connectivity index (χ2v) is 5.67. The summed E-state index contributed by atoms with van der Waals surface area (Å²) in [6, 6.07) is 3.32. The number of methoxy groups -OCH3 is 2. The topological polar surface area (TPSA) is 73.6 Å². The number of carbonyl (C=O) groups excluding carboxylic acids is 1. The van der Waals surface area contributed by atoms with Crippen LogP contribution >= 0.6 is 0 Å². The number of ether oxygens (including phenoxy) is 2. The molecule has 1 amide bonds. The lowest BCUT2D eigenvalue weighted by atomic mass is 9.98. The summed E-state index contributed by atoms with van der Waals surface area (Å²) in [5.74, 6) is 2.06. The van der Waals surface area contributed by atoms with Crippen molar-refractivity contribution in [3.63, 3.8) is 0 Å². The summed E-state index contributed by atoms with van der Waals surface area (Å²) in [6.45, 7) is 2.94. The van der Waals surface area contributed by atoms with Gasteiger partial charge in [-0.15, -0.1) is 0 Å². The van der Waals surface area contributed by atoms with Crippen LogP contribution < -0.4 is 20.5 Å². The number of rotatable bonds is 5. The van der Waals surface area contributed by atoms with E-state index in [4.69, 9.17) is 15.2 Å². The van der Waals surface area contributed by atoms with Crippen LogP contribution in [0.5, 0.6) is 11.5 Å². The molecule has 0 spiro atoms. The van der Waals surface area contributed by atoms with Crippen molar-refractivity contribution in [2.45, 2.75) is 26.2 Å². The predicted octanol–water partition coefficient (Wildman–Crippen LogP) is 2.45. The fourth-order valence-corrected chi connectivity index (χ4v) is 2.92. The van der Waals surface area contributed by atoms with Crippen LogP contribution in [0, 0.1) is 11.8 Å². The van der Waals surface area contributed by atoms with Crippen LogP contribution in [0.25, 0.3) is 0 Å². The highest BCUT2D eigenvalue weighted by molar-refractivity contribution is 6.00. The van der Waals surface area contributed by atoms with Crippen LogP contribution in [0.3, 0.4) is 0 Å². The quantitative estimate of drug-likeness (QED) is 0.818. The minimum absolute atomic E-state index is 0.177. The lowest BCUT2D eigenvalue weighted by molar-refractivity contribution is 0.0945. The Bertz CT molecular complexity index is 516. The fourth-order valence-electron chi connectivity index (χ4n) is 2.92. The van der Waals surface area contributed by atoms with Gasteiger partial charge in [0.05, 0.1) is 25.5 Å². The Balaban J connectivity index is 2.11. The minimum atomic E-state index is -0.177.